The highest BCUT2D eigenvalue weighted by Gasteiger charge is 2.21. The number of rotatable bonds is 7. The molecule has 2 aromatic rings. The van der Waals surface area contributed by atoms with Crippen molar-refractivity contribution in [3.8, 4) is 0 Å². The van der Waals surface area contributed by atoms with Gasteiger partial charge in [0.05, 0.1) is 11.7 Å². The van der Waals surface area contributed by atoms with Gasteiger partial charge in [0.2, 0.25) is 11.9 Å². The molecule has 154 valence electrons. The van der Waals surface area contributed by atoms with E-state index in [9.17, 15) is 24.8 Å². The number of nitrogens with zero attached hydrogens (tertiary/aromatic N) is 1. The first-order valence-electron chi connectivity index (χ1n) is 9.37. The summed E-state index contributed by atoms with van der Waals surface area (Å²) >= 11 is 0. The van der Waals surface area contributed by atoms with Crippen LogP contribution in [0.2, 0.25) is 0 Å². The SMILES string of the molecule is CC(c1ccc(C(=O)[O-])cc1NC(=O)CCc1ccc(C(C)(C)C)cc1)[N+](=O)[O-]. The van der Waals surface area contributed by atoms with Crippen molar-refractivity contribution in [1.29, 1.82) is 0 Å². The van der Waals surface area contributed by atoms with Crippen LogP contribution in [0.5, 0.6) is 0 Å². The fraction of sp³-hybridized carbons (Fsp3) is 0.364. The number of amides is 1. The number of carbonyl (C=O) groups excluding carboxylic acids is 2. The van der Waals surface area contributed by atoms with E-state index in [1.165, 1.54) is 30.7 Å². The Morgan fingerprint density at radius 3 is 2.24 bits per heavy atom. The van der Waals surface area contributed by atoms with Crippen LogP contribution in [-0.2, 0) is 16.6 Å². The maximum absolute atomic E-state index is 12.4. The predicted molar refractivity (Wildman–Crippen MR) is 108 cm³/mol. The summed E-state index contributed by atoms with van der Waals surface area (Å²) < 4.78 is 0. The van der Waals surface area contributed by atoms with Crippen molar-refractivity contribution in [2.24, 2.45) is 0 Å². The summed E-state index contributed by atoms with van der Waals surface area (Å²) in [5.41, 5.74) is 2.44. The van der Waals surface area contributed by atoms with Gasteiger partial charge in [0.25, 0.3) is 0 Å². The molecule has 0 aliphatic rings. The first-order chi connectivity index (χ1) is 13.5. The van der Waals surface area contributed by atoms with E-state index in [1.54, 1.807) is 0 Å². The third kappa shape index (κ3) is 5.88. The fourth-order valence-corrected chi connectivity index (χ4v) is 2.91. The number of carboxylic acid groups (broad SMARTS) is 1. The van der Waals surface area contributed by atoms with Crippen LogP contribution in [0.3, 0.4) is 0 Å². The second-order valence-electron chi connectivity index (χ2n) is 8.05. The molecule has 0 bridgehead atoms. The highest BCUT2D eigenvalue weighted by atomic mass is 16.6. The molecule has 1 atom stereocenters. The lowest BCUT2D eigenvalue weighted by Gasteiger charge is -2.19. The number of carboxylic acids is 1. The highest BCUT2D eigenvalue weighted by molar-refractivity contribution is 5.94. The Morgan fingerprint density at radius 2 is 1.72 bits per heavy atom. The number of aromatic carboxylic acids is 1. The molecule has 1 amide bonds. The van der Waals surface area contributed by atoms with Crippen LogP contribution < -0.4 is 10.4 Å². The van der Waals surface area contributed by atoms with Gasteiger partial charge in [0.15, 0.2) is 0 Å². The minimum atomic E-state index is -1.42. The van der Waals surface area contributed by atoms with Gasteiger partial charge >= 0.3 is 0 Å². The summed E-state index contributed by atoms with van der Waals surface area (Å²) in [7, 11) is 0. The number of aryl methyl sites for hydroxylation is 1. The van der Waals surface area contributed by atoms with E-state index in [0.717, 1.165) is 5.56 Å². The van der Waals surface area contributed by atoms with Gasteiger partial charge in [-0.25, -0.2) is 0 Å². The molecule has 1 unspecified atom stereocenters. The maximum atomic E-state index is 12.4. The van der Waals surface area contributed by atoms with Crippen molar-refractivity contribution in [2.75, 3.05) is 5.32 Å². The minimum Gasteiger partial charge on any atom is -0.545 e. The van der Waals surface area contributed by atoms with Crippen molar-refractivity contribution >= 4 is 17.6 Å². The first-order valence-corrected chi connectivity index (χ1v) is 9.37. The van der Waals surface area contributed by atoms with Gasteiger partial charge in [-0.1, -0.05) is 51.1 Å². The average Bonchev–Trinajstić information content (AvgIpc) is 2.65. The predicted octanol–water partition coefficient (Wildman–Crippen LogP) is 3.26. The Labute approximate surface area is 169 Å². The molecule has 0 fully saturated rings. The van der Waals surface area contributed by atoms with E-state index >= 15 is 0 Å². The number of nitrogens with one attached hydrogen (secondary N) is 1. The molecule has 0 heterocycles. The molecule has 2 rings (SSSR count). The van der Waals surface area contributed by atoms with Gasteiger partial charge < -0.3 is 15.2 Å². The first kappa shape index (κ1) is 22.1. The van der Waals surface area contributed by atoms with Gasteiger partial charge in [0, 0.05) is 23.8 Å². The van der Waals surface area contributed by atoms with Crippen molar-refractivity contribution in [1.82, 2.24) is 0 Å². The van der Waals surface area contributed by atoms with Crippen LogP contribution in [0.1, 0.15) is 67.2 Å². The number of hydrogen-bond donors (Lipinski definition) is 1. The van der Waals surface area contributed by atoms with Gasteiger partial charge in [-0.3, -0.25) is 14.9 Å². The zero-order chi connectivity index (χ0) is 21.8. The molecule has 0 saturated carbocycles. The van der Waals surface area contributed by atoms with Crippen LogP contribution in [-0.4, -0.2) is 16.8 Å². The number of carbonyl (C=O) groups is 2. The summed E-state index contributed by atoms with van der Waals surface area (Å²) in [6, 6.07) is 10.7. The molecular formula is C22H25N2O5-. The minimum absolute atomic E-state index is 0.0457. The van der Waals surface area contributed by atoms with Gasteiger partial charge in [-0.05, 0) is 40.7 Å². The molecule has 7 heteroatoms. The van der Waals surface area contributed by atoms with E-state index in [1.807, 2.05) is 24.3 Å². The molecule has 0 aromatic heterocycles. The Morgan fingerprint density at radius 1 is 1.10 bits per heavy atom. The van der Waals surface area contributed by atoms with Crippen molar-refractivity contribution in [3.63, 3.8) is 0 Å². The summed E-state index contributed by atoms with van der Waals surface area (Å²) in [5.74, 6) is -1.77. The van der Waals surface area contributed by atoms with Crippen LogP contribution in [0.15, 0.2) is 42.5 Å². The van der Waals surface area contributed by atoms with Crippen molar-refractivity contribution in [2.45, 2.75) is 52.0 Å². The maximum Gasteiger partial charge on any atom is 0.237 e. The molecule has 0 aliphatic carbocycles. The Bertz CT molecular complexity index is 914. The molecule has 29 heavy (non-hydrogen) atoms. The summed E-state index contributed by atoms with van der Waals surface area (Å²) in [5, 5.41) is 24.8. The van der Waals surface area contributed by atoms with Crippen molar-refractivity contribution < 1.29 is 19.6 Å². The summed E-state index contributed by atoms with van der Waals surface area (Å²) in [6.45, 7) is 7.75. The average molecular weight is 397 g/mol. The number of nitro groups is 1. The van der Waals surface area contributed by atoms with Crippen LogP contribution >= 0.6 is 0 Å². The van der Waals surface area contributed by atoms with Crippen LogP contribution in [0.4, 0.5) is 5.69 Å². The topological polar surface area (TPSA) is 112 Å². The standard InChI is InChI=1S/C22H26N2O5/c1-14(24(28)29)18-11-8-16(21(26)27)13-19(18)23-20(25)12-7-15-5-9-17(10-6-15)22(2,3)4/h5-6,8-11,13-14H,7,12H2,1-4H3,(H,23,25)(H,26,27)/p-1. The van der Waals surface area contributed by atoms with E-state index in [0.29, 0.717) is 6.42 Å². The van der Waals surface area contributed by atoms with Crippen molar-refractivity contribution in [3.05, 3.63) is 74.8 Å². The monoisotopic (exact) mass is 397 g/mol. The van der Waals surface area contributed by atoms with Crippen LogP contribution in [0, 0.1) is 10.1 Å². The lowest BCUT2D eigenvalue weighted by atomic mass is 9.86. The zero-order valence-electron chi connectivity index (χ0n) is 17.0. The van der Waals surface area contributed by atoms with E-state index in [2.05, 4.69) is 26.1 Å². The second-order valence-corrected chi connectivity index (χ2v) is 8.05. The normalized spacial score (nSPS) is 12.3. The summed E-state index contributed by atoms with van der Waals surface area (Å²) in [6.07, 6.45) is 0.660. The Balaban J connectivity index is 2.12. The lowest BCUT2D eigenvalue weighted by molar-refractivity contribution is -0.524. The number of hydrogen-bond acceptors (Lipinski definition) is 5. The van der Waals surface area contributed by atoms with E-state index in [4.69, 9.17) is 0 Å². The smallest absolute Gasteiger partial charge is 0.237 e. The molecule has 1 N–H and O–H groups in total. The number of benzene rings is 2. The Hall–Kier alpha value is -3.22. The number of anilines is 1. The largest absolute Gasteiger partial charge is 0.545 e. The summed E-state index contributed by atoms with van der Waals surface area (Å²) in [4.78, 5) is 34.1. The van der Waals surface area contributed by atoms with Crippen LogP contribution in [0.25, 0.3) is 0 Å². The lowest BCUT2D eigenvalue weighted by Crippen LogP contribution is -2.23. The van der Waals surface area contributed by atoms with E-state index in [-0.39, 0.29) is 34.6 Å². The van der Waals surface area contributed by atoms with Gasteiger partial charge in [0.1, 0.15) is 0 Å². The fourth-order valence-electron chi connectivity index (χ4n) is 2.91. The molecule has 2 aromatic carbocycles. The Kier molecular flexibility index (Phi) is 6.74. The molecule has 0 saturated heterocycles. The molecule has 0 aliphatic heterocycles. The molecule has 7 nitrogen and oxygen atoms in total. The molecule has 0 spiro atoms. The van der Waals surface area contributed by atoms with Gasteiger partial charge in [-0.15, -0.1) is 0 Å². The quantitative estimate of drug-likeness (QED) is 0.569. The second kappa shape index (κ2) is 8.86. The molecular weight excluding hydrogens is 372 g/mol. The third-order valence-corrected chi connectivity index (χ3v) is 4.79. The highest BCUT2D eigenvalue weighted by Crippen LogP contribution is 2.27. The molecule has 0 radical (unpaired) electrons. The van der Waals surface area contributed by atoms with E-state index < -0.39 is 16.9 Å². The van der Waals surface area contributed by atoms with Gasteiger partial charge in [-0.2, -0.15) is 0 Å². The zero-order valence-corrected chi connectivity index (χ0v) is 17.0. The third-order valence-electron chi connectivity index (χ3n) is 4.79.